The van der Waals surface area contributed by atoms with Crippen molar-refractivity contribution < 1.29 is 18.8 Å². The topological polar surface area (TPSA) is 97.2 Å². The lowest BCUT2D eigenvalue weighted by atomic mass is 10.0. The van der Waals surface area contributed by atoms with E-state index in [9.17, 15) is 18.8 Å². The summed E-state index contributed by atoms with van der Waals surface area (Å²) >= 11 is 0. The van der Waals surface area contributed by atoms with Crippen LogP contribution in [0.1, 0.15) is 35.1 Å². The summed E-state index contributed by atoms with van der Waals surface area (Å²) in [7, 11) is 0. The molecule has 2 amide bonds. The fraction of sp³-hybridized carbons (Fsp3) is 0.300. The molecule has 0 radical (unpaired) electrons. The largest absolute Gasteiger partial charge is 0.354 e. The van der Waals surface area contributed by atoms with Crippen LogP contribution in [0.3, 0.4) is 0 Å². The number of aryl methyl sites for hydroxylation is 1. The number of likely N-dealkylation sites (tertiary alicyclic amines) is 1. The van der Waals surface area contributed by atoms with E-state index in [-0.39, 0.29) is 37.1 Å². The molecule has 5 rings (SSSR count). The molecule has 0 spiro atoms. The van der Waals surface area contributed by atoms with Crippen LogP contribution in [0.5, 0.6) is 0 Å². The van der Waals surface area contributed by atoms with E-state index in [0.717, 1.165) is 16.7 Å². The van der Waals surface area contributed by atoms with E-state index in [1.54, 1.807) is 23.2 Å². The number of nitrogens with zero attached hydrogens (tertiary/aromatic N) is 4. The Balaban J connectivity index is 1.33. The van der Waals surface area contributed by atoms with Gasteiger partial charge in [-0.25, -0.2) is 14.4 Å². The van der Waals surface area contributed by atoms with Gasteiger partial charge in [0.2, 0.25) is 11.8 Å². The summed E-state index contributed by atoms with van der Waals surface area (Å²) in [4.78, 5) is 48.6. The first-order chi connectivity index (χ1) is 18.8. The highest BCUT2D eigenvalue weighted by molar-refractivity contribution is 6.08. The van der Waals surface area contributed by atoms with Crippen LogP contribution in [-0.2, 0) is 22.6 Å². The van der Waals surface area contributed by atoms with E-state index in [1.165, 1.54) is 11.8 Å². The van der Waals surface area contributed by atoms with Crippen molar-refractivity contribution in [3.63, 3.8) is 0 Å². The minimum absolute atomic E-state index is 0.0317. The molecule has 2 aromatic heterocycles. The summed E-state index contributed by atoms with van der Waals surface area (Å²) in [6.45, 7) is 3.44. The lowest BCUT2D eigenvalue weighted by molar-refractivity contribution is -0.138. The maximum absolute atomic E-state index is 14.4. The zero-order chi connectivity index (χ0) is 27.5. The number of hydrogen-bond acceptors (Lipinski definition) is 5. The molecule has 1 aliphatic rings. The van der Waals surface area contributed by atoms with Crippen molar-refractivity contribution in [3.8, 4) is 11.1 Å². The van der Waals surface area contributed by atoms with Crippen molar-refractivity contribution >= 4 is 28.5 Å². The zero-order valence-corrected chi connectivity index (χ0v) is 21.9. The number of hydrogen-bond donors (Lipinski definition) is 1. The summed E-state index contributed by atoms with van der Waals surface area (Å²) < 4.78 is 16.1. The third kappa shape index (κ3) is 5.72. The van der Waals surface area contributed by atoms with Crippen LogP contribution in [0.15, 0.2) is 67.1 Å². The smallest absolute Gasteiger partial charge is 0.243 e. The maximum Gasteiger partial charge on any atom is 0.243 e. The second-order valence-corrected chi connectivity index (χ2v) is 9.90. The molecule has 1 saturated heterocycles. The Kier molecular flexibility index (Phi) is 7.49. The van der Waals surface area contributed by atoms with Crippen molar-refractivity contribution in [2.75, 3.05) is 13.1 Å². The van der Waals surface area contributed by atoms with Gasteiger partial charge in [0, 0.05) is 53.6 Å². The summed E-state index contributed by atoms with van der Waals surface area (Å²) in [6.07, 6.45) is 4.44. The summed E-state index contributed by atoms with van der Waals surface area (Å²) in [6, 6.07) is 14.5. The standard InChI is InChI=1S/C30H30FN5O3/c1-19(37)26-17-35(27-9-8-22(12-25(26)27)23-14-33-20(2)34-15-23)18-29(38)36-16-24(31)13-28(36)30(39)32-11-10-21-6-4-3-5-7-21/h3-9,12,14-15,17,24,28H,10-11,13,16,18H2,1-2H3,(H,32,39)/t24-,28+/m1/s1. The average molecular weight is 528 g/mol. The Bertz CT molecular complexity index is 1520. The molecule has 0 bridgehead atoms. The fourth-order valence-electron chi connectivity index (χ4n) is 5.07. The van der Waals surface area contributed by atoms with Crippen LogP contribution in [-0.4, -0.2) is 62.3 Å². The number of ketones is 1. The molecule has 1 fully saturated rings. The highest BCUT2D eigenvalue weighted by atomic mass is 19.1. The van der Waals surface area contributed by atoms with E-state index in [0.29, 0.717) is 35.3 Å². The van der Waals surface area contributed by atoms with E-state index in [4.69, 9.17) is 0 Å². The van der Waals surface area contributed by atoms with Gasteiger partial charge in [-0.15, -0.1) is 0 Å². The molecule has 4 aromatic rings. The Morgan fingerprint density at radius 3 is 2.51 bits per heavy atom. The van der Waals surface area contributed by atoms with Gasteiger partial charge >= 0.3 is 0 Å². The van der Waals surface area contributed by atoms with Gasteiger partial charge in [-0.1, -0.05) is 36.4 Å². The normalized spacial score (nSPS) is 16.9. The van der Waals surface area contributed by atoms with Crippen molar-refractivity contribution in [1.29, 1.82) is 0 Å². The van der Waals surface area contributed by atoms with Crippen LogP contribution >= 0.6 is 0 Å². The van der Waals surface area contributed by atoms with Gasteiger partial charge in [-0.2, -0.15) is 0 Å². The van der Waals surface area contributed by atoms with Crippen LogP contribution in [0.2, 0.25) is 0 Å². The Morgan fingerprint density at radius 1 is 1.05 bits per heavy atom. The number of aromatic nitrogens is 3. The fourth-order valence-corrected chi connectivity index (χ4v) is 5.07. The van der Waals surface area contributed by atoms with Crippen LogP contribution < -0.4 is 5.32 Å². The van der Waals surface area contributed by atoms with Crippen LogP contribution in [0.25, 0.3) is 22.0 Å². The van der Waals surface area contributed by atoms with E-state index in [1.807, 2.05) is 55.5 Å². The van der Waals surface area contributed by atoms with Crippen molar-refractivity contribution in [2.24, 2.45) is 0 Å². The van der Waals surface area contributed by atoms with Gasteiger partial charge in [0.05, 0.1) is 6.54 Å². The Labute approximate surface area is 225 Å². The van der Waals surface area contributed by atoms with Gasteiger partial charge in [0.15, 0.2) is 5.78 Å². The van der Waals surface area contributed by atoms with Gasteiger partial charge in [-0.05, 0) is 43.5 Å². The second kappa shape index (κ2) is 11.1. The third-order valence-electron chi connectivity index (χ3n) is 7.11. The number of amides is 2. The predicted octanol–water partition coefficient (Wildman–Crippen LogP) is 3.91. The molecule has 9 heteroatoms. The molecule has 8 nitrogen and oxygen atoms in total. The van der Waals surface area contributed by atoms with Gasteiger partial charge in [0.1, 0.15) is 24.6 Å². The number of Topliss-reactive ketones (excluding diaryl/α,β-unsaturated/α-hetero) is 1. The number of fused-ring (bicyclic) bond motifs is 1. The number of benzene rings is 2. The molecule has 1 aliphatic heterocycles. The first kappa shape index (κ1) is 26.2. The molecule has 1 N–H and O–H groups in total. The summed E-state index contributed by atoms with van der Waals surface area (Å²) in [5, 5.41) is 3.56. The molecular formula is C30H30FN5O3. The van der Waals surface area contributed by atoms with E-state index in [2.05, 4.69) is 15.3 Å². The van der Waals surface area contributed by atoms with Crippen molar-refractivity contribution in [3.05, 3.63) is 84.1 Å². The number of carbonyl (C=O) groups is 3. The molecular weight excluding hydrogens is 497 g/mol. The van der Waals surface area contributed by atoms with Crippen LogP contribution in [0, 0.1) is 6.92 Å². The SMILES string of the molecule is CC(=O)c1cn(CC(=O)N2C[C@H](F)C[C@H]2C(=O)NCCc2ccccc2)c2ccc(-c3cnc(C)nc3)cc12. The number of rotatable bonds is 8. The molecule has 3 heterocycles. The highest BCUT2D eigenvalue weighted by Crippen LogP contribution is 2.29. The summed E-state index contributed by atoms with van der Waals surface area (Å²) in [5.41, 5.74) is 3.92. The van der Waals surface area contributed by atoms with Crippen molar-refractivity contribution in [2.45, 2.75) is 45.4 Å². The lowest BCUT2D eigenvalue weighted by Gasteiger charge is -2.24. The number of alkyl halides is 1. The minimum Gasteiger partial charge on any atom is -0.354 e. The molecule has 0 unspecified atom stereocenters. The lowest BCUT2D eigenvalue weighted by Crippen LogP contribution is -2.47. The first-order valence-electron chi connectivity index (χ1n) is 13.0. The maximum atomic E-state index is 14.4. The van der Waals surface area contributed by atoms with E-state index >= 15 is 0 Å². The quantitative estimate of drug-likeness (QED) is 0.351. The third-order valence-corrected chi connectivity index (χ3v) is 7.11. The Morgan fingerprint density at radius 2 is 1.79 bits per heavy atom. The molecule has 0 aliphatic carbocycles. The molecule has 200 valence electrons. The summed E-state index contributed by atoms with van der Waals surface area (Å²) in [5.74, 6) is -0.203. The van der Waals surface area contributed by atoms with Gasteiger partial charge in [0.25, 0.3) is 0 Å². The van der Waals surface area contributed by atoms with Crippen molar-refractivity contribution in [1.82, 2.24) is 24.8 Å². The second-order valence-electron chi connectivity index (χ2n) is 9.90. The number of nitrogens with one attached hydrogen (secondary N) is 1. The first-order valence-corrected chi connectivity index (χ1v) is 13.0. The molecule has 2 aromatic carbocycles. The predicted molar refractivity (Wildman–Crippen MR) is 146 cm³/mol. The van der Waals surface area contributed by atoms with Gasteiger partial charge in [-0.3, -0.25) is 14.4 Å². The van der Waals surface area contributed by atoms with E-state index < -0.39 is 12.2 Å². The number of halogens is 1. The average Bonchev–Trinajstić information content (AvgIpc) is 3.50. The molecule has 39 heavy (non-hydrogen) atoms. The zero-order valence-electron chi connectivity index (χ0n) is 21.9. The number of carbonyl (C=O) groups excluding carboxylic acids is 3. The molecule has 2 atom stereocenters. The highest BCUT2D eigenvalue weighted by Gasteiger charge is 2.39. The van der Waals surface area contributed by atoms with Gasteiger partial charge < -0.3 is 14.8 Å². The minimum atomic E-state index is -1.27. The molecule has 0 saturated carbocycles. The van der Waals surface area contributed by atoms with Crippen LogP contribution in [0.4, 0.5) is 4.39 Å². The Hall–Kier alpha value is -4.40. The monoisotopic (exact) mass is 527 g/mol.